The summed E-state index contributed by atoms with van der Waals surface area (Å²) in [7, 11) is 3.71. The first-order valence-corrected chi connectivity index (χ1v) is 7.79. The average molecular weight is 350 g/mol. The van der Waals surface area contributed by atoms with Crippen LogP contribution in [0.25, 0.3) is 0 Å². The fraction of sp³-hybridized carbons (Fsp3) is 0.375. The number of aromatic nitrogens is 2. The van der Waals surface area contributed by atoms with Gasteiger partial charge in [-0.3, -0.25) is 0 Å². The summed E-state index contributed by atoms with van der Waals surface area (Å²) in [6.45, 7) is 2.92. The summed E-state index contributed by atoms with van der Waals surface area (Å²) in [4.78, 5) is 11.1. The van der Waals surface area contributed by atoms with E-state index in [1.807, 2.05) is 25.2 Å². The first-order valence-electron chi connectivity index (χ1n) is 7.00. The number of hydrogen-bond donors (Lipinski definition) is 0. The van der Waals surface area contributed by atoms with E-state index in [2.05, 4.69) is 49.9 Å². The van der Waals surface area contributed by atoms with E-state index in [0.717, 1.165) is 41.4 Å². The lowest BCUT2D eigenvalue weighted by molar-refractivity contribution is 0.414. The lowest BCUT2D eigenvalue weighted by Gasteiger charge is -2.19. The second-order valence-corrected chi connectivity index (χ2v) is 5.73. The predicted octanol–water partition coefficient (Wildman–Crippen LogP) is 3.84. The Morgan fingerprint density at radius 3 is 2.52 bits per heavy atom. The van der Waals surface area contributed by atoms with E-state index in [0.29, 0.717) is 0 Å². The molecule has 0 spiro atoms. The van der Waals surface area contributed by atoms with Crippen molar-refractivity contribution in [1.82, 2.24) is 9.97 Å². The zero-order valence-corrected chi connectivity index (χ0v) is 14.2. The van der Waals surface area contributed by atoms with Crippen LogP contribution in [0.4, 0.5) is 5.82 Å². The molecule has 0 saturated heterocycles. The molecule has 0 saturated carbocycles. The van der Waals surface area contributed by atoms with Crippen LogP contribution in [0.1, 0.15) is 24.7 Å². The molecule has 21 heavy (non-hydrogen) atoms. The zero-order chi connectivity index (χ0) is 15.2. The van der Waals surface area contributed by atoms with Crippen molar-refractivity contribution >= 4 is 21.7 Å². The Morgan fingerprint density at radius 1 is 1.19 bits per heavy atom. The number of halogens is 1. The molecule has 0 fully saturated rings. The van der Waals surface area contributed by atoms with Crippen molar-refractivity contribution in [2.75, 3.05) is 19.1 Å². The van der Waals surface area contributed by atoms with E-state index >= 15 is 0 Å². The molecule has 0 bridgehead atoms. The molecule has 0 atom stereocenters. The Hall–Kier alpha value is -1.62. The molecule has 1 heterocycles. The van der Waals surface area contributed by atoms with Crippen LogP contribution in [0.3, 0.4) is 0 Å². The standard InChI is InChI=1S/C16H20BrN3O/c1-4-5-15-18-14(17)10-16(19-15)20(2)11-12-6-8-13(21-3)9-7-12/h6-10H,4-5,11H2,1-3H3. The van der Waals surface area contributed by atoms with Crippen molar-refractivity contribution < 1.29 is 4.74 Å². The van der Waals surface area contributed by atoms with Crippen molar-refractivity contribution in [2.24, 2.45) is 0 Å². The Balaban J connectivity index is 2.13. The number of ether oxygens (including phenoxy) is 1. The highest BCUT2D eigenvalue weighted by Gasteiger charge is 2.08. The highest BCUT2D eigenvalue weighted by molar-refractivity contribution is 9.10. The molecule has 2 aromatic rings. The molecule has 4 nitrogen and oxygen atoms in total. The molecule has 1 aromatic heterocycles. The average Bonchev–Trinajstić information content (AvgIpc) is 2.48. The molecule has 2 rings (SSSR count). The first-order chi connectivity index (χ1) is 10.1. The fourth-order valence-electron chi connectivity index (χ4n) is 2.07. The summed E-state index contributed by atoms with van der Waals surface area (Å²) in [5.41, 5.74) is 1.21. The zero-order valence-electron chi connectivity index (χ0n) is 12.6. The molecular formula is C16H20BrN3O. The second-order valence-electron chi connectivity index (χ2n) is 4.92. The minimum absolute atomic E-state index is 0.791. The summed E-state index contributed by atoms with van der Waals surface area (Å²) in [5, 5.41) is 0. The Bertz CT molecular complexity index is 587. The van der Waals surface area contributed by atoms with Gasteiger partial charge in [0, 0.05) is 26.1 Å². The number of methoxy groups -OCH3 is 1. The van der Waals surface area contributed by atoms with Gasteiger partial charge in [-0.05, 0) is 40.0 Å². The van der Waals surface area contributed by atoms with Crippen LogP contribution < -0.4 is 9.64 Å². The van der Waals surface area contributed by atoms with Gasteiger partial charge in [0.25, 0.3) is 0 Å². The Labute approximate surface area is 134 Å². The smallest absolute Gasteiger partial charge is 0.133 e. The summed E-state index contributed by atoms with van der Waals surface area (Å²) in [6.07, 6.45) is 1.93. The highest BCUT2D eigenvalue weighted by Crippen LogP contribution is 2.19. The van der Waals surface area contributed by atoms with Crippen LogP contribution in [0, 0.1) is 0 Å². The van der Waals surface area contributed by atoms with E-state index in [1.165, 1.54) is 5.56 Å². The molecule has 112 valence electrons. The van der Waals surface area contributed by atoms with Crippen LogP contribution in [-0.4, -0.2) is 24.1 Å². The number of hydrogen-bond acceptors (Lipinski definition) is 4. The van der Waals surface area contributed by atoms with Crippen LogP contribution in [0.15, 0.2) is 34.9 Å². The number of benzene rings is 1. The lowest BCUT2D eigenvalue weighted by atomic mass is 10.2. The number of aryl methyl sites for hydroxylation is 1. The molecule has 0 radical (unpaired) electrons. The van der Waals surface area contributed by atoms with Gasteiger partial charge in [-0.1, -0.05) is 19.1 Å². The largest absolute Gasteiger partial charge is 0.497 e. The second kappa shape index (κ2) is 7.41. The van der Waals surface area contributed by atoms with Crippen molar-refractivity contribution in [2.45, 2.75) is 26.3 Å². The third-order valence-electron chi connectivity index (χ3n) is 3.17. The highest BCUT2D eigenvalue weighted by atomic mass is 79.9. The molecule has 1 aromatic carbocycles. The fourth-order valence-corrected chi connectivity index (χ4v) is 2.48. The summed E-state index contributed by atoms with van der Waals surface area (Å²) in [6, 6.07) is 10.0. The maximum absolute atomic E-state index is 5.18. The lowest BCUT2D eigenvalue weighted by Crippen LogP contribution is -2.18. The van der Waals surface area contributed by atoms with E-state index in [9.17, 15) is 0 Å². The van der Waals surface area contributed by atoms with Gasteiger partial charge in [-0.25, -0.2) is 9.97 Å². The van der Waals surface area contributed by atoms with E-state index in [-0.39, 0.29) is 0 Å². The third-order valence-corrected chi connectivity index (χ3v) is 3.58. The SMILES string of the molecule is CCCc1nc(Br)cc(N(C)Cc2ccc(OC)cc2)n1. The van der Waals surface area contributed by atoms with E-state index < -0.39 is 0 Å². The number of rotatable bonds is 6. The van der Waals surface area contributed by atoms with Crippen molar-refractivity contribution in [3.63, 3.8) is 0 Å². The maximum Gasteiger partial charge on any atom is 0.133 e. The van der Waals surface area contributed by atoms with Gasteiger partial charge in [-0.2, -0.15) is 0 Å². The van der Waals surface area contributed by atoms with Crippen LogP contribution in [0.5, 0.6) is 5.75 Å². The van der Waals surface area contributed by atoms with Gasteiger partial charge >= 0.3 is 0 Å². The Morgan fingerprint density at radius 2 is 1.90 bits per heavy atom. The van der Waals surface area contributed by atoms with Crippen molar-refractivity contribution in [3.8, 4) is 5.75 Å². The summed E-state index contributed by atoms with van der Waals surface area (Å²) in [5.74, 6) is 2.68. The number of nitrogens with zero attached hydrogens (tertiary/aromatic N) is 3. The molecule has 0 amide bonds. The first kappa shape index (κ1) is 15.8. The van der Waals surface area contributed by atoms with Gasteiger partial charge in [0.2, 0.25) is 0 Å². The van der Waals surface area contributed by atoms with Gasteiger partial charge < -0.3 is 9.64 Å². The minimum atomic E-state index is 0.791. The Kier molecular flexibility index (Phi) is 5.56. The molecule has 5 heteroatoms. The topological polar surface area (TPSA) is 38.2 Å². The molecular weight excluding hydrogens is 330 g/mol. The van der Waals surface area contributed by atoms with Crippen LogP contribution >= 0.6 is 15.9 Å². The molecule has 0 unspecified atom stereocenters. The molecule has 0 aliphatic heterocycles. The maximum atomic E-state index is 5.18. The van der Waals surface area contributed by atoms with Gasteiger partial charge in [-0.15, -0.1) is 0 Å². The van der Waals surface area contributed by atoms with Crippen molar-refractivity contribution in [1.29, 1.82) is 0 Å². The molecule has 0 aliphatic carbocycles. The quantitative estimate of drug-likeness (QED) is 0.742. The van der Waals surface area contributed by atoms with Crippen molar-refractivity contribution in [3.05, 3.63) is 46.3 Å². The molecule has 0 aliphatic rings. The van der Waals surface area contributed by atoms with Gasteiger partial charge in [0.1, 0.15) is 22.0 Å². The third kappa shape index (κ3) is 4.43. The monoisotopic (exact) mass is 349 g/mol. The summed E-state index contributed by atoms with van der Waals surface area (Å²) >= 11 is 3.46. The van der Waals surface area contributed by atoms with Crippen LogP contribution in [0.2, 0.25) is 0 Å². The molecule has 0 N–H and O–H groups in total. The minimum Gasteiger partial charge on any atom is -0.497 e. The summed E-state index contributed by atoms with van der Waals surface area (Å²) < 4.78 is 6.01. The normalized spacial score (nSPS) is 10.5. The van der Waals surface area contributed by atoms with E-state index in [4.69, 9.17) is 4.74 Å². The number of anilines is 1. The predicted molar refractivity (Wildman–Crippen MR) is 88.8 cm³/mol. The van der Waals surface area contributed by atoms with Crippen LogP contribution in [-0.2, 0) is 13.0 Å². The van der Waals surface area contributed by atoms with E-state index in [1.54, 1.807) is 7.11 Å². The van der Waals surface area contributed by atoms with Gasteiger partial charge in [0.05, 0.1) is 7.11 Å². The van der Waals surface area contributed by atoms with Gasteiger partial charge in [0.15, 0.2) is 0 Å².